The zero-order valence-corrected chi connectivity index (χ0v) is 16.0. The number of carbonyl (C=O) groups is 3. The number of anilines is 1. The number of hydrogen-bond acceptors (Lipinski definition) is 4. The highest BCUT2D eigenvalue weighted by atomic mass is 35.5. The second kappa shape index (κ2) is 9.73. The monoisotopic (exact) mass is 388 g/mol. The van der Waals surface area contributed by atoms with Crippen LogP contribution in [0.15, 0.2) is 48.5 Å². The van der Waals surface area contributed by atoms with Gasteiger partial charge in [-0.1, -0.05) is 41.9 Å². The fourth-order valence-corrected chi connectivity index (χ4v) is 2.73. The van der Waals surface area contributed by atoms with E-state index in [0.717, 1.165) is 5.56 Å². The maximum Gasteiger partial charge on any atom is 0.337 e. The van der Waals surface area contributed by atoms with Crippen molar-refractivity contribution in [2.24, 2.45) is 0 Å². The summed E-state index contributed by atoms with van der Waals surface area (Å²) in [6.07, 6.45) is 0.102. The SMILES string of the molecule is COC(=O)c1ccc(Cl)c(N(CCC(=O)NCc2ccccc2)C(C)=O)c1. The zero-order valence-electron chi connectivity index (χ0n) is 15.2. The van der Waals surface area contributed by atoms with E-state index in [0.29, 0.717) is 17.3 Å². The topological polar surface area (TPSA) is 75.7 Å². The van der Waals surface area contributed by atoms with Gasteiger partial charge in [0.1, 0.15) is 0 Å². The average Bonchev–Trinajstić information content (AvgIpc) is 2.67. The van der Waals surface area contributed by atoms with Crippen LogP contribution in [0.4, 0.5) is 5.69 Å². The van der Waals surface area contributed by atoms with Gasteiger partial charge in [0, 0.05) is 26.4 Å². The van der Waals surface area contributed by atoms with Gasteiger partial charge < -0.3 is 15.0 Å². The molecule has 0 aliphatic carbocycles. The van der Waals surface area contributed by atoms with Crippen molar-refractivity contribution in [3.63, 3.8) is 0 Å². The fourth-order valence-electron chi connectivity index (χ4n) is 2.51. The van der Waals surface area contributed by atoms with Gasteiger partial charge in [-0.3, -0.25) is 9.59 Å². The third-order valence-electron chi connectivity index (χ3n) is 3.93. The number of nitrogens with one attached hydrogen (secondary N) is 1. The van der Waals surface area contributed by atoms with Gasteiger partial charge in [-0.15, -0.1) is 0 Å². The van der Waals surface area contributed by atoms with Crippen LogP contribution in [0.25, 0.3) is 0 Å². The van der Waals surface area contributed by atoms with Crippen molar-refractivity contribution in [2.75, 3.05) is 18.6 Å². The van der Waals surface area contributed by atoms with Crippen LogP contribution in [0.5, 0.6) is 0 Å². The summed E-state index contributed by atoms with van der Waals surface area (Å²) < 4.78 is 4.69. The molecule has 2 amide bonds. The Morgan fingerprint density at radius 2 is 1.81 bits per heavy atom. The number of amides is 2. The van der Waals surface area contributed by atoms with Gasteiger partial charge >= 0.3 is 5.97 Å². The average molecular weight is 389 g/mol. The summed E-state index contributed by atoms with van der Waals surface area (Å²) in [5.41, 5.74) is 1.63. The van der Waals surface area contributed by atoms with E-state index in [1.807, 2.05) is 30.3 Å². The molecule has 7 heteroatoms. The number of methoxy groups -OCH3 is 1. The van der Waals surface area contributed by atoms with Gasteiger partial charge in [-0.05, 0) is 23.8 Å². The van der Waals surface area contributed by atoms with Crippen molar-refractivity contribution in [3.05, 3.63) is 64.7 Å². The highest BCUT2D eigenvalue weighted by Crippen LogP contribution is 2.28. The molecule has 27 heavy (non-hydrogen) atoms. The van der Waals surface area contributed by atoms with Gasteiger partial charge in [0.15, 0.2) is 0 Å². The van der Waals surface area contributed by atoms with Crippen LogP contribution in [-0.4, -0.2) is 31.4 Å². The van der Waals surface area contributed by atoms with Gasteiger partial charge in [-0.25, -0.2) is 4.79 Å². The molecule has 2 aromatic rings. The lowest BCUT2D eigenvalue weighted by Gasteiger charge is -2.22. The van der Waals surface area contributed by atoms with Crippen LogP contribution in [-0.2, 0) is 20.9 Å². The molecule has 0 aliphatic heterocycles. The van der Waals surface area contributed by atoms with Crippen molar-refractivity contribution in [2.45, 2.75) is 19.9 Å². The Balaban J connectivity index is 2.04. The third-order valence-corrected chi connectivity index (χ3v) is 4.25. The molecule has 0 saturated heterocycles. The molecule has 0 spiro atoms. The van der Waals surface area contributed by atoms with Crippen LogP contribution < -0.4 is 10.2 Å². The highest BCUT2D eigenvalue weighted by molar-refractivity contribution is 6.34. The first kappa shape index (κ1) is 20.5. The maximum absolute atomic E-state index is 12.1. The van der Waals surface area contributed by atoms with Crippen LogP contribution in [0.3, 0.4) is 0 Å². The lowest BCUT2D eigenvalue weighted by atomic mass is 10.1. The number of halogens is 1. The predicted octanol–water partition coefficient (Wildman–Crippen LogP) is 3.19. The lowest BCUT2D eigenvalue weighted by molar-refractivity contribution is -0.121. The summed E-state index contributed by atoms with van der Waals surface area (Å²) >= 11 is 6.19. The number of ether oxygens (including phenoxy) is 1. The maximum atomic E-state index is 12.1. The van der Waals surface area contributed by atoms with Crippen LogP contribution in [0, 0.1) is 0 Å². The van der Waals surface area contributed by atoms with Gasteiger partial charge in [0.2, 0.25) is 11.8 Å². The summed E-state index contributed by atoms with van der Waals surface area (Å²) in [6.45, 7) is 1.93. The molecule has 0 unspecified atom stereocenters. The molecule has 0 bridgehead atoms. The molecule has 0 aromatic heterocycles. The molecule has 0 fully saturated rings. The minimum atomic E-state index is -0.531. The highest BCUT2D eigenvalue weighted by Gasteiger charge is 2.18. The van der Waals surface area contributed by atoms with E-state index in [1.54, 1.807) is 0 Å². The standard InChI is InChI=1S/C20H21ClN2O4/c1-14(24)23(18-12-16(20(26)27-2)8-9-17(18)21)11-10-19(25)22-13-15-6-4-3-5-7-15/h3-9,12H,10-11,13H2,1-2H3,(H,22,25). The molecular formula is C20H21ClN2O4. The Morgan fingerprint density at radius 3 is 2.44 bits per heavy atom. The van der Waals surface area contributed by atoms with Gasteiger partial charge in [0.05, 0.1) is 23.4 Å². The molecule has 2 aromatic carbocycles. The summed E-state index contributed by atoms with van der Waals surface area (Å²) in [5, 5.41) is 3.12. The number of rotatable bonds is 7. The molecular weight excluding hydrogens is 368 g/mol. The summed E-state index contributed by atoms with van der Waals surface area (Å²) in [6, 6.07) is 14.1. The Morgan fingerprint density at radius 1 is 1.11 bits per heavy atom. The van der Waals surface area contributed by atoms with E-state index in [2.05, 4.69) is 5.32 Å². The van der Waals surface area contributed by atoms with Crippen molar-refractivity contribution >= 4 is 35.1 Å². The third kappa shape index (κ3) is 5.82. The second-order valence-electron chi connectivity index (χ2n) is 5.84. The molecule has 0 radical (unpaired) electrons. The van der Waals surface area contributed by atoms with E-state index in [4.69, 9.17) is 16.3 Å². The Labute approximate surface area is 163 Å². The summed E-state index contributed by atoms with van der Waals surface area (Å²) in [4.78, 5) is 37.3. The van der Waals surface area contributed by atoms with Crippen LogP contribution in [0.1, 0.15) is 29.3 Å². The van der Waals surface area contributed by atoms with E-state index in [1.165, 1.54) is 37.1 Å². The minimum Gasteiger partial charge on any atom is -0.465 e. The van der Waals surface area contributed by atoms with E-state index in [9.17, 15) is 14.4 Å². The Bertz CT molecular complexity index is 824. The van der Waals surface area contributed by atoms with E-state index in [-0.39, 0.29) is 30.3 Å². The van der Waals surface area contributed by atoms with Crippen molar-refractivity contribution in [1.82, 2.24) is 5.32 Å². The smallest absolute Gasteiger partial charge is 0.337 e. The molecule has 6 nitrogen and oxygen atoms in total. The predicted molar refractivity (Wildman–Crippen MR) is 104 cm³/mol. The van der Waals surface area contributed by atoms with E-state index >= 15 is 0 Å². The van der Waals surface area contributed by atoms with Crippen LogP contribution in [0.2, 0.25) is 5.02 Å². The first-order valence-corrected chi connectivity index (χ1v) is 8.76. The van der Waals surface area contributed by atoms with Gasteiger partial charge in [0.25, 0.3) is 0 Å². The summed E-state index contributed by atoms with van der Waals surface area (Å²) in [5.74, 6) is -1.00. The van der Waals surface area contributed by atoms with Crippen molar-refractivity contribution in [1.29, 1.82) is 0 Å². The molecule has 0 atom stereocenters. The van der Waals surface area contributed by atoms with Crippen molar-refractivity contribution in [3.8, 4) is 0 Å². The molecule has 142 valence electrons. The molecule has 1 N–H and O–H groups in total. The molecule has 0 heterocycles. The van der Waals surface area contributed by atoms with E-state index < -0.39 is 5.97 Å². The first-order chi connectivity index (χ1) is 12.9. The quantitative estimate of drug-likeness (QED) is 0.739. The minimum absolute atomic E-state index is 0.102. The summed E-state index contributed by atoms with van der Waals surface area (Å²) in [7, 11) is 1.27. The number of carbonyl (C=O) groups excluding carboxylic acids is 3. The largest absolute Gasteiger partial charge is 0.465 e. The number of hydrogen-bond donors (Lipinski definition) is 1. The normalized spacial score (nSPS) is 10.2. The Kier molecular flexibility index (Phi) is 7.37. The van der Waals surface area contributed by atoms with Crippen molar-refractivity contribution < 1.29 is 19.1 Å². The molecule has 0 aliphatic rings. The number of benzene rings is 2. The van der Waals surface area contributed by atoms with Crippen LogP contribution >= 0.6 is 11.6 Å². The molecule has 0 saturated carbocycles. The zero-order chi connectivity index (χ0) is 19.8. The second-order valence-corrected chi connectivity index (χ2v) is 6.25. The number of esters is 1. The first-order valence-electron chi connectivity index (χ1n) is 8.39. The lowest BCUT2D eigenvalue weighted by Crippen LogP contribution is -2.34. The molecule has 2 rings (SSSR count). The van der Waals surface area contributed by atoms with Gasteiger partial charge in [-0.2, -0.15) is 0 Å². The Hall–Kier alpha value is -2.86. The fraction of sp³-hybridized carbons (Fsp3) is 0.250. The number of nitrogens with zero attached hydrogens (tertiary/aromatic N) is 1.